The lowest BCUT2D eigenvalue weighted by Crippen LogP contribution is -2.55. The van der Waals surface area contributed by atoms with Crippen LogP contribution in [0.5, 0.6) is 5.75 Å². The van der Waals surface area contributed by atoms with Gasteiger partial charge in [0, 0.05) is 32.2 Å². The number of hydrogen-bond donors (Lipinski definition) is 1. The van der Waals surface area contributed by atoms with Gasteiger partial charge in [-0.25, -0.2) is 8.42 Å². The molecule has 1 amide bonds. The summed E-state index contributed by atoms with van der Waals surface area (Å²) in [6.07, 6.45) is 1.31. The van der Waals surface area contributed by atoms with Crippen molar-refractivity contribution in [1.29, 1.82) is 0 Å². The van der Waals surface area contributed by atoms with Crippen LogP contribution in [-0.4, -0.2) is 67.3 Å². The van der Waals surface area contributed by atoms with E-state index in [1.165, 1.54) is 23.5 Å². The van der Waals surface area contributed by atoms with Crippen LogP contribution in [0.15, 0.2) is 23.1 Å². The van der Waals surface area contributed by atoms with Gasteiger partial charge in [-0.3, -0.25) is 14.9 Å². The summed E-state index contributed by atoms with van der Waals surface area (Å²) in [6.45, 7) is 0.721. The fraction of sp³-hybridized carbons (Fsp3) is 0.533. The Balaban J connectivity index is 0.00000261. The van der Waals surface area contributed by atoms with E-state index in [2.05, 4.69) is 0 Å². The predicted molar refractivity (Wildman–Crippen MR) is 98.4 cm³/mol. The average Bonchev–Trinajstić information content (AvgIpc) is 3.39. The third kappa shape index (κ3) is 4.00. The number of carbonyl (C=O) groups is 1. The minimum Gasteiger partial charge on any atom is -0.490 e. The molecule has 1 saturated carbocycles. The maximum absolute atomic E-state index is 12.8. The Morgan fingerprint density at radius 3 is 2.33 bits per heavy atom. The summed E-state index contributed by atoms with van der Waals surface area (Å²) in [7, 11) is -2.63. The number of amides is 1. The van der Waals surface area contributed by atoms with Crippen LogP contribution in [0.25, 0.3) is 0 Å². The number of nitrogens with zero attached hydrogens (tertiary/aromatic N) is 3. The maximum atomic E-state index is 12.8. The smallest absolute Gasteiger partial charge is 0.312 e. The number of nitro groups is 1. The van der Waals surface area contributed by atoms with Crippen molar-refractivity contribution < 1.29 is 22.9 Å². The van der Waals surface area contributed by atoms with Gasteiger partial charge in [0.1, 0.15) is 0 Å². The fourth-order valence-electron chi connectivity index (χ4n) is 2.92. The molecule has 27 heavy (non-hydrogen) atoms. The molecule has 0 spiro atoms. The number of piperazine rings is 1. The molecule has 1 heterocycles. The summed E-state index contributed by atoms with van der Waals surface area (Å²) in [6, 6.07) is 3.53. The van der Waals surface area contributed by atoms with Crippen LogP contribution in [0.4, 0.5) is 5.69 Å². The molecule has 3 rings (SSSR count). The van der Waals surface area contributed by atoms with E-state index in [0.717, 1.165) is 6.07 Å². The Morgan fingerprint density at radius 1 is 1.26 bits per heavy atom. The number of nitrogens with two attached hydrogens (primary N) is 1. The number of nitro benzene ring substituents is 1. The molecular formula is C15H21ClN4O6S. The molecule has 0 aromatic heterocycles. The van der Waals surface area contributed by atoms with E-state index in [0.29, 0.717) is 12.8 Å². The highest BCUT2D eigenvalue weighted by Crippen LogP contribution is 2.35. The van der Waals surface area contributed by atoms with Gasteiger partial charge in [-0.05, 0) is 25.0 Å². The normalized spacial score (nSPS) is 19.1. The zero-order valence-electron chi connectivity index (χ0n) is 14.7. The van der Waals surface area contributed by atoms with Gasteiger partial charge in [-0.2, -0.15) is 4.31 Å². The summed E-state index contributed by atoms with van der Waals surface area (Å²) in [5.74, 6) is -0.156. The molecule has 0 atom stereocenters. The molecular weight excluding hydrogens is 400 g/mol. The summed E-state index contributed by atoms with van der Waals surface area (Å²) >= 11 is 0. The van der Waals surface area contributed by atoms with Gasteiger partial charge in [-0.15, -0.1) is 12.4 Å². The first-order valence-corrected chi connectivity index (χ1v) is 9.54. The molecule has 10 nitrogen and oxygen atoms in total. The molecule has 12 heteroatoms. The van der Waals surface area contributed by atoms with Gasteiger partial charge >= 0.3 is 5.69 Å². The number of halogens is 1. The first kappa shape index (κ1) is 21.4. The van der Waals surface area contributed by atoms with Gasteiger partial charge in [0.15, 0.2) is 5.75 Å². The van der Waals surface area contributed by atoms with Crippen molar-refractivity contribution in [1.82, 2.24) is 9.21 Å². The molecule has 1 aliphatic heterocycles. The number of carbonyl (C=O) groups excluding carboxylic acids is 1. The van der Waals surface area contributed by atoms with Crippen molar-refractivity contribution >= 4 is 34.0 Å². The minimum absolute atomic E-state index is 0. The first-order valence-electron chi connectivity index (χ1n) is 8.10. The second kappa shape index (κ2) is 7.58. The Hall–Kier alpha value is -1.95. The van der Waals surface area contributed by atoms with Gasteiger partial charge in [0.05, 0.1) is 22.5 Å². The molecule has 2 N–H and O–H groups in total. The van der Waals surface area contributed by atoms with Gasteiger partial charge in [0.2, 0.25) is 15.9 Å². The molecule has 150 valence electrons. The van der Waals surface area contributed by atoms with Gasteiger partial charge in [-0.1, -0.05) is 0 Å². The number of hydrogen-bond acceptors (Lipinski definition) is 7. The molecule has 0 radical (unpaired) electrons. The molecule has 2 aliphatic rings. The fourth-order valence-corrected chi connectivity index (χ4v) is 4.36. The molecule has 2 fully saturated rings. The standard InChI is InChI=1S/C15H20N4O6S.ClH/c1-25-13-3-2-11(10-12(13)19(21)22)26(23,24)18-8-6-17(7-9-18)14(20)15(16)4-5-15;/h2-3,10H,4-9,16H2,1H3;1H. The van der Waals surface area contributed by atoms with Crippen LogP contribution >= 0.6 is 12.4 Å². The van der Waals surface area contributed by atoms with Crippen LogP contribution in [0.2, 0.25) is 0 Å². The van der Waals surface area contributed by atoms with E-state index < -0.39 is 26.2 Å². The SMILES string of the molecule is COc1ccc(S(=O)(=O)N2CCN(C(=O)C3(N)CC3)CC2)cc1[N+](=O)[O-].Cl. The third-order valence-electron chi connectivity index (χ3n) is 4.73. The Labute approximate surface area is 162 Å². The van der Waals surface area contributed by atoms with Crippen molar-refractivity contribution in [3.8, 4) is 5.75 Å². The number of benzene rings is 1. The maximum Gasteiger partial charge on any atom is 0.312 e. The lowest BCUT2D eigenvalue weighted by molar-refractivity contribution is -0.386. The highest BCUT2D eigenvalue weighted by Gasteiger charge is 2.48. The van der Waals surface area contributed by atoms with Gasteiger partial charge in [0.25, 0.3) is 0 Å². The molecule has 1 aromatic carbocycles. The molecule has 0 bridgehead atoms. The van der Waals surface area contributed by atoms with E-state index >= 15 is 0 Å². The highest BCUT2D eigenvalue weighted by atomic mass is 35.5. The Bertz CT molecular complexity index is 850. The summed E-state index contributed by atoms with van der Waals surface area (Å²) < 4.78 is 31.7. The highest BCUT2D eigenvalue weighted by molar-refractivity contribution is 7.89. The second-order valence-corrected chi connectivity index (χ2v) is 8.38. The van der Waals surface area contributed by atoms with Crippen molar-refractivity contribution in [2.24, 2.45) is 5.73 Å². The van der Waals surface area contributed by atoms with E-state index in [4.69, 9.17) is 10.5 Å². The molecule has 0 unspecified atom stereocenters. The van der Waals surface area contributed by atoms with E-state index in [1.54, 1.807) is 4.90 Å². The number of methoxy groups -OCH3 is 1. The Kier molecular flexibility index (Phi) is 6.00. The zero-order valence-corrected chi connectivity index (χ0v) is 16.3. The number of ether oxygens (including phenoxy) is 1. The van der Waals surface area contributed by atoms with Crippen LogP contribution < -0.4 is 10.5 Å². The van der Waals surface area contributed by atoms with Crippen molar-refractivity contribution in [3.63, 3.8) is 0 Å². The summed E-state index contributed by atoms with van der Waals surface area (Å²) in [5, 5.41) is 11.1. The molecule has 1 aliphatic carbocycles. The van der Waals surface area contributed by atoms with Crippen LogP contribution in [0, 0.1) is 10.1 Å². The Morgan fingerprint density at radius 2 is 1.85 bits per heavy atom. The van der Waals surface area contributed by atoms with Crippen LogP contribution in [-0.2, 0) is 14.8 Å². The minimum atomic E-state index is -3.91. The largest absolute Gasteiger partial charge is 0.490 e. The van der Waals surface area contributed by atoms with Crippen LogP contribution in [0.3, 0.4) is 0 Å². The monoisotopic (exact) mass is 420 g/mol. The number of rotatable bonds is 5. The molecule has 1 saturated heterocycles. The topological polar surface area (TPSA) is 136 Å². The summed E-state index contributed by atoms with van der Waals surface area (Å²) in [5.41, 5.74) is 4.71. The van der Waals surface area contributed by atoms with Crippen molar-refractivity contribution in [2.45, 2.75) is 23.3 Å². The molecule has 1 aromatic rings. The van der Waals surface area contributed by atoms with Gasteiger partial charge < -0.3 is 15.4 Å². The zero-order chi connectivity index (χ0) is 19.1. The van der Waals surface area contributed by atoms with E-state index in [-0.39, 0.29) is 55.1 Å². The van der Waals surface area contributed by atoms with Crippen molar-refractivity contribution in [3.05, 3.63) is 28.3 Å². The quantitative estimate of drug-likeness (QED) is 0.536. The number of sulfonamides is 1. The summed E-state index contributed by atoms with van der Waals surface area (Å²) in [4.78, 5) is 24.1. The van der Waals surface area contributed by atoms with E-state index in [9.17, 15) is 23.3 Å². The van der Waals surface area contributed by atoms with E-state index in [1.807, 2.05) is 0 Å². The lowest BCUT2D eigenvalue weighted by Gasteiger charge is -2.35. The second-order valence-electron chi connectivity index (χ2n) is 6.44. The van der Waals surface area contributed by atoms with Crippen LogP contribution in [0.1, 0.15) is 12.8 Å². The average molecular weight is 421 g/mol. The predicted octanol–water partition coefficient (Wildman–Crippen LogP) is 0.349. The first-order chi connectivity index (χ1) is 12.2. The lowest BCUT2D eigenvalue weighted by atomic mass is 10.2. The third-order valence-corrected chi connectivity index (χ3v) is 6.62. The van der Waals surface area contributed by atoms with Crippen molar-refractivity contribution in [2.75, 3.05) is 33.3 Å².